The Morgan fingerprint density at radius 2 is 1.32 bits per heavy atom. The van der Waals surface area contributed by atoms with E-state index < -0.39 is 10.0 Å². The van der Waals surface area contributed by atoms with Gasteiger partial charge >= 0.3 is 0 Å². The fraction of sp³-hybridized carbons (Fsp3) is 0.111. The largest absolute Gasteiger partial charge is 0.360 e. The van der Waals surface area contributed by atoms with E-state index in [4.69, 9.17) is 5.14 Å². The van der Waals surface area contributed by atoms with Crippen molar-refractivity contribution >= 4 is 15.7 Å². The van der Waals surface area contributed by atoms with Crippen LogP contribution in [0, 0.1) is 0 Å². The molecule has 0 spiro atoms. The Bertz CT molecular complexity index is 873. The van der Waals surface area contributed by atoms with Crippen molar-refractivity contribution in [2.75, 3.05) is 4.90 Å². The number of nitrogens with two attached hydrogens (primary N) is 1. The highest BCUT2D eigenvalue weighted by Crippen LogP contribution is 2.21. The number of hydrogen-bond donors (Lipinski definition) is 1. The lowest BCUT2D eigenvalue weighted by Crippen LogP contribution is -2.23. The standard InChI is InChI=1S/C18H18N4O2S/c19-25(23,24)18-9-7-17(8-10-18)22(13-15-5-1-3-11-20-15)14-16-6-2-4-12-21-16/h1-12H,13-14H2,(H2,19,23,24). The Morgan fingerprint density at radius 3 is 1.72 bits per heavy atom. The summed E-state index contributed by atoms with van der Waals surface area (Å²) in [6, 6.07) is 18.0. The zero-order valence-corrected chi connectivity index (χ0v) is 14.3. The minimum Gasteiger partial charge on any atom is -0.360 e. The predicted octanol–water partition coefficient (Wildman–Crippen LogP) is 2.33. The molecule has 0 fully saturated rings. The fourth-order valence-corrected chi connectivity index (χ4v) is 2.97. The van der Waals surface area contributed by atoms with Gasteiger partial charge < -0.3 is 4.90 Å². The molecule has 0 saturated carbocycles. The van der Waals surface area contributed by atoms with Gasteiger partial charge in [-0.25, -0.2) is 13.6 Å². The van der Waals surface area contributed by atoms with Crippen LogP contribution in [-0.2, 0) is 23.1 Å². The molecule has 3 rings (SSSR count). The summed E-state index contributed by atoms with van der Waals surface area (Å²) >= 11 is 0. The average molecular weight is 354 g/mol. The highest BCUT2D eigenvalue weighted by atomic mass is 32.2. The van der Waals surface area contributed by atoms with E-state index in [9.17, 15) is 8.42 Å². The third-order valence-electron chi connectivity index (χ3n) is 3.69. The number of primary sulfonamides is 1. The van der Waals surface area contributed by atoms with Crippen molar-refractivity contribution in [1.82, 2.24) is 9.97 Å². The summed E-state index contributed by atoms with van der Waals surface area (Å²) in [7, 11) is -3.71. The first-order valence-corrected chi connectivity index (χ1v) is 9.24. The van der Waals surface area contributed by atoms with Crippen LogP contribution in [-0.4, -0.2) is 18.4 Å². The molecule has 0 aliphatic heterocycles. The quantitative estimate of drug-likeness (QED) is 0.734. The van der Waals surface area contributed by atoms with E-state index in [-0.39, 0.29) is 4.90 Å². The van der Waals surface area contributed by atoms with Crippen LogP contribution in [0.15, 0.2) is 78.0 Å². The first-order valence-electron chi connectivity index (χ1n) is 7.70. The van der Waals surface area contributed by atoms with Crippen molar-refractivity contribution in [1.29, 1.82) is 0 Å². The lowest BCUT2D eigenvalue weighted by Gasteiger charge is -2.24. The highest BCUT2D eigenvalue weighted by molar-refractivity contribution is 7.89. The minimum absolute atomic E-state index is 0.0897. The summed E-state index contributed by atoms with van der Waals surface area (Å²) in [5, 5.41) is 5.17. The van der Waals surface area contributed by atoms with Crippen molar-refractivity contribution in [2.45, 2.75) is 18.0 Å². The molecule has 0 unspecified atom stereocenters. The molecule has 0 bridgehead atoms. The molecule has 1 aromatic carbocycles. The summed E-state index contributed by atoms with van der Waals surface area (Å²) in [5.41, 5.74) is 2.69. The number of hydrogen-bond acceptors (Lipinski definition) is 5. The number of pyridine rings is 2. The Balaban J connectivity index is 1.90. The normalized spacial score (nSPS) is 11.2. The maximum atomic E-state index is 11.4. The van der Waals surface area contributed by atoms with Crippen LogP contribution in [0.5, 0.6) is 0 Å². The number of benzene rings is 1. The Kier molecular flexibility index (Phi) is 5.06. The van der Waals surface area contributed by atoms with Crippen molar-refractivity contribution in [3.8, 4) is 0 Å². The molecule has 3 aromatic rings. The second kappa shape index (κ2) is 7.42. The molecule has 0 aliphatic carbocycles. The minimum atomic E-state index is -3.71. The van der Waals surface area contributed by atoms with Gasteiger partial charge in [-0.05, 0) is 48.5 Å². The number of rotatable bonds is 6. The topological polar surface area (TPSA) is 89.2 Å². The number of nitrogens with zero attached hydrogens (tertiary/aromatic N) is 3. The molecule has 2 heterocycles. The maximum absolute atomic E-state index is 11.4. The molecular weight excluding hydrogens is 336 g/mol. The van der Waals surface area contributed by atoms with Crippen LogP contribution in [0.4, 0.5) is 5.69 Å². The van der Waals surface area contributed by atoms with E-state index in [1.165, 1.54) is 12.1 Å². The number of aromatic nitrogens is 2. The second-order valence-corrected chi connectivity index (χ2v) is 7.10. The van der Waals surface area contributed by atoms with Crippen molar-refractivity contribution in [3.63, 3.8) is 0 Å². The summed E-state index contributed by atoms with van der Waals surface area (Å²) in [5.74, 6) is 0. The summed E-state index contributed by atoms with van der Waals surface area (Å²) < 4.78 is 22.9. The van der Waals surface area contributed by atoms with Gasteiger partial charge in [0.05, 0.1) is 29.4 Å². The SMILES string of the molecule is NS(=O)(=O)c1ccc(N(Cc2ccccn2)Cc2ccccn2)cc1. The monoisotopic (exact) mass is 354 g/mol. The molecule has 0 saturated heterocycles. The van der Waals surface area contributed by atoms with E-state index in [1.54, 1.807) is 24.5 Å². The third kappa shape index (κ3) is 4.62. The molecule has 0 aliphatic rings. The van der Waals surface area contributed by atoms with Gasteiger partial charge in [-0.15, -0.1) is 0 Å². The van der Waals surface area contributed by atoms with Crippen LogP contribution in [0.25, 0.3) is 0 Å². The molecule has 128 valence electrons. The summed E-state index contributed by atoms with van der Waals surface area (Å²) in [6.45, 7) is 1.15. The highest BCUT2D eigenvalue weighted by Gasteiger charge is 2.12. The summed E-state index contributed by atoms with van der Waals surface area (Å²) in [4.78, 5) is 10.9. The lowest BCUT2D eigenvalue weighted by molar-refractivity contribution is 0.598. The Labute approximate surface area is 147 Å². The molecule has 6 nitrogen and oxygen atoms in total. The van der Waals surface area contributed by atoms with Crippen LogP contribution < -0.4 is 10.0 Å². The lowest BCUT2D eigenvalue weighted by atomic mass is 10.2. The molecule has 0 amide bonds. The van der Waals surface area contributed by atoms with Gasteiger partial charge in [0, 0.05) is 18.1 Å². The van der Waals surface area contributed by atoms with E-state index in [2.05, 4.69) is 14.9 Å². The fourth-order valence-electron chi connectivity index (χ4n) is 2.46. The first-order chi connectivity index (χ1) is 12.0. The summed E-state index contributed by atoms with van der Waals surface area (Å²) in [6.07, 6.45) is 3.50. The van der Waals surface area contributed by atoms with Gasteiger partial charge in [-0.3, -0.25) is 9.97 Å². The Hall–Kier alpha value is -2.77. The molecule has 0 radical (unpaired) electrons. The van der Waals surface area contributed by atoms with Crippen LogP contribution in [0.2, 0.25) is 0 Å². The molecule has 7 heteroatoms. The van der Waals surface area contributed by atoms with E-state index in [0.717, 1.165) is 17.1 Å². The van der Waals surface area contributed by atoms with Crippen molar-refractivity contribution < 1.29 is 8.42 Å². The van der Waals surface area contributed by atoms with Crippen molar-refractivity contribution in [3.05, 3.63) is 84.4 Å². The maximum Gasteiger partial charge on any atom is 0.238 e. The average Bonchev–Trinajstić information content (AvgIpc) is 2.62. The molecular formula is C18H18N4O2S. The zero-order chi connectivity index (χ0) is 17.7. The van der Waals surface area contributed by atoms with E-state index in [1.807, 2.05) is 36.4 Å². The molecule has 0 atom stereocenters. The van der Waals surface area contributed by atoms with E-state index >= 15 is 0 Å². The number of sulfonamides is 1. The van der Waals surface area contributed by atoms with Gasteiger partial charge in [0.2, 0.25) is 10.0 Å². The van der Waals surface area contributed by atoms with E-state index in [0.29, 0.717) is 13.1 Å². The van der Waals surface area contributed by atoms with Crippen molar-refractivity contribution in [2.24, 2.45) is 5.14 Å². The molecule has 25 heavy (non-hydrogen) atoms. The van der Waals surface area contributed by atoms with Gasteiger partial charge in [0.1, 0.15) is 0 Å². The third-order valence-corrected chi connectivity index (χ3v) is 4.62. The second-order valence-electron chi connectivity index (χ2n) is 5.54. The van der Waals surface area contributed by atoms with Crippen LogP contribution in [0.3, 0.4) is 0 Å². The van der Waals surface area contributed by atoms with Gasteiger partial charge in [0.15, 0.2) is 0 Å². The zero-order valence-electron chi connectivity index (χ0n) is 13.5. The molecule has 2 aromatic heterocycles. The predicted molar refractivity (Wildman–Crippen MR) is 96.2 cm³/mol. The Morgan fingerprint density at radius 1 is 0.800 bits per heavy atom. The first kappa shape index (κ1) is 17.1. The van der Waals surface area contributed by atoms with Gasteiger partial charge in [0.25, 0.3) is 0 Å². The number of anilines is 1. The van der Waals surface area contributed by atoms with Crippen LogP contribution >= 0.6 is 0 Å². The van der Waals surface area contributed by atoms with Crippen LogP contribution in [0.1, 0.15) is 11.4 Å². The molecule has 2 N–H and O–H groups in total. The van der Waals surface area contributed by atoms with Gasteiger partial charge in [-0.2, -0.15) is 0 Å². The van der Waals surface area contributed by atoms with Gasteiger partial charge in [-0.1, -0.05) is 12.1 Å². The smallest absolute Gasteiger partial charge is 0.238 e.